The van der Waals surface area contributed by atoms with Gasteiger partial charge in [-0.3, -0.25) is 14.3 Å². The number of H-pyrrole nitrogens is 1. The molecule has 0 radical (unpaired) electrons. The van der Waals surface area contributed by atoms with E-state index in [0.29, 0.717) is 11.6 Å². The van der Waals surface area contributed by atoms with Crippen molar-refractivity contribution in [2.45, 2.75) is 13.1 Å². The third kappa shape index (κ3) is 3.88. The Balaban J connectivity index is 1.62. The quantitative estimate of drug-likeness (QED) is 0.512. The number of oxazole rings is 1. The molecule has 4 rings (SSSR count). The Morgan fingerprint density at radius 3 is 2.43 bits per heavy atom. The lowest BCUT2D eigenvalue weighted by Gasteiger charge is -2.21. The van der Waals surface area contributed by atoms with Gasteiger partial charge in [-0.05, 0) is 17.7 Å². The third-order valence-electron chi connectivity index (χ3n) is 4.75. The van der Waals surface area contributed by atoms with Crippen molar-refractivity contribution in [3.63, 3.8) is 0 Å². The van der Waals surface area contributed by atoms with Crippen molar-refractivity contribution in [1.82, 2.24) is 14.5 Å². The average Bonchev–Trinajstić information content (AvgIpc) is 3.21. The molecule has 0 bridgehead atoms. The summed E-state index contributed by atoms with van der Waals surface area (Å²) in [4.78, 5) is 33.3. The zero-order chi connectivity index (χ0) is 21.1. The number of nitrogens with one attached hydrogen (secondary N) is 1. The lowest BCUT2D eigenvalue weighted by Crippen LogP contribution is -2.37. The second-order valence-electron chi connectivity index (χ2n) is 6.93. The lowest BCUT2D eigenvalue weighted by atomic mass is 10.2. The molecule has 0 saturated carbocycles. The van der Waals surface area contributed by atoms with Crippen molar-refractivity contribution in [3.05, 3.63) is 99.0 Å². The number of hydrogen-bond donors (Lipinski definition) is 2. The number of nitrogens with zero attached hydrogens (tertiary/aromatic N) is 3. The van der Waals surface area contributed by atoms with E-state index in [9.17, 15) is 9.59 Å². The molecule has 0 amide bonds. The van der Waals surface area contributed by atoms with Crippen LogP contribution in [0.4, 0.5) is 11.5 Å². The standard InChI is InChI=1S/C22H21N5O3/c1-26(13-17-14-30-21(24-17)16-10-6-3-7-11-16)18-19(23)27(22(29)25-20(18)28)12-15-8-4-2-5-9-15/h2-11,14H,12-13,23H2,1H3,(H,25,28,29). The molecule has 0 aliphatic rings. The van der Waals surface area contributed by atoms with Gasteiger partial charge in [0, 0.05) is 12.6 Å². The van der Waals surface area contributed by atoms with Crippen LogP contribution in [-0.4, -0.2) is 21.6 Å². The highest BCUT2D eigenvalue weighted by Crippen LogP contribution is 2.21. The molecule has 30 heavy (non-hydrogen) atoms. The molecule has 2 heterocycles. The van der Waals surface area contributed by atoms with Crippen LogP contribution in [0.2, 0.25) is 0 Å². The highest BCUT2D eigenvalue weighted by Gasteiger charge is 2.18. The molecular formula is C22H21N5O3. The minimum absolute atomic E-state index is 0.0990. The summed E-state index contributed by atoms with van der Waals surface area (Å²) in [5, 5.41) is 0. The summed E-state index contributed by atoms with van der Waals surface area (Å²) in [5.74, 6) is 0.594. The minimum Gasteiger partial charge on any atom is -0.444 e. The van der Waals surface area contributed by atoms with Gasteiger partial charge in [0.15, 0.2) is 0 Å². The molecule has 0 aliphatic heterocycles. The van der Waals surface area contributed by atoms with Crippen molar-refractivity contribution in [1.29, 1.82) is 0 Å². The number of aromatic amines is 1. The Hall–Kier alpha value is -4.07. The second-order valence-corrected chi connectivity index (χ2v) is 6.93. The minimum atomic E-state index is -0.550. The van der Waals surface area contributed by atoms with Gasteiger partial charge in [0.1, 0.15) is 17.8 Å². The van der Waals surface area contributed by atoms with Crippen LogP contribution in [0.5, 0.6) is 0 Å². The van der Waals surface area contributed by atoms with Crippen LogP contribution in [0, 0.1) is 0 Å². The molecule has 4 aromatic rings. The van der Waals surface area contributed by atoms with Crippen LogP contribution in [0.1, 0.15) is 11.3 Å². The van der Waals surface area contributed by atoms with Gasteiger partial charge in [0.2, 0.25) is 5.89 Å². The van der Waals surface area contributed by atoms with Gasteiger partial charge in [0.05, 0.1) is 18.8 Å². The van der Waals surface area contributed by atoms with Crippen LogP contribution >= 0.6 is 0 Å². The Kier molecular flexibility index (Phi) is 5.21. The van der Waals surface area contributed by atoms with E-state index in [1.165, 1.54) is 4.57 Å². The molecular weight excluding hydrogens is 382 g/mol. The van der Waals surface area contributed by atoms with Crippen LogP contribution < -0.4 is 21.9 Å². The monoisotopic (exact) mass is 403 g/mol. The number of anilines is 2. The number of nitrogens with two attached hydrogens (primary N) is 1. The SMILES string of the molecule is CN(Cc1coc(-c2ccccc2)n1)c1c(N)n(Cc2ccccc2)c(=O)[nH]c1=O. The predicted molar refractivity (Wildman–Crippen MR) is 115 cm³/mol. The fourth-order valence-corrected chi connectivity index (χ4v) is 3.28. The average molecular weight is 403 g/mol. The van der Waals surface area contributed by atoms with Crippen molar-refractivity contribution in [3.8, 4) is 11.5 Å². The number of aromatic nitrogens is 3. The second kappa shape index (κ2) is 8.12. The first-order valence-corrected chi connectivity index (χ1v) is 9.40. The highest BCUT2D eigenvalue weighted by atomic mass is 16.3. The molecule has 0 unspecified atom stereocenters. The maximum atomic E-state index is 12.5. The van der Waals surface area contributed by atoms with Gasteiger partial charge >= 0.3 is 5.69 Å². The van der Waals surface area contributed by atoms with Gasteiger partial charge in [-0.15, -0.1) is 0 Å². The van der Waals surface area contributed by atoms with Crippen LogP contribution in [0.25, 0.3) is 11.5 Å². The van der Waals surface area contributed by atoms with E-state index in [-0.39, 0.29) is 24.6 Å². The Labute approximate surface area is 172 Å². The molecule has 2 aromatic heterocycles. The van der Waals surface area contributed by atoms with Crippen molar-refractivity contribution in [2.24, 2.45) is 0 Å². The van der Waals surface area contributed by atoms with Crippen LogP contribution in [0.15, 0.2) is 80.9 Å². The largest absolute Gasteiger partial charge is 0.444 e. The smallest absolute Gasteiger partial charge is 0.330 e. The third-order valence-corrected chi connectivity index (χ3v) is 4.75. The van der Waals surface area contributed by atoms with Gasteiger partial charge < -0.3 is 15.1 Å². The number of rotatable bonds is 6. The summed E-state index contributed by atoms with van der Waals surface area (Å²) < 4.78 is 6.91. The summed E-state index contributed by atoms with van der Waals surface area (Å²) in [5.41, 5.74) is 7.75. The van der Waals surface area contributed by atoms with E-state index in [0.717, 1.165) is 11.1 Å². The Bertz CT molecular complexity index is 1260. The molecule has 0 spiro atoms. The Morgan fingerprint density at radius 2 is 1.73 bits per heavy atom. The van der Waals surface area contributed by atoms with E-state index >= 15 is 0 Å². The summed E-state index contributed by atoms with van der Waals surface area (Å²) in [6.07, 6.45) is 1.54. The van der Waals surface area contributed by atoms with E-state index in [1.54, 1.807) is 18.2 Å². The summed E-state index contributed by atoms with van der Waals surface area (Å²) >= 11 is 0. The summed E-state index contributed by atoms with van der Waals surface area (Å²) in [6.45, 7) is 0.540. The molecule has 8 nitrogen and oxygen atoms in total. The first kappa shape index (κ1) is 19.3. The van der Waals surface area contributed by atoms with Crippen LogP contribution in [-0.2, 0) is 13.1 Å². The summed E-state index contributed by atoms with van der Waals surface area (Å²) in [7, 11) is 1.72. The normalized spacial score (nSPS) is 10.8. The van der Waals surface area contributed by atoms with E-state index < -0.39 is 11.2 Å². The maximum absolute atomic E-state index is 12.5. The number of benzene rings is 2. The topological polar surface area (TPSA) is 110 Å². The molecule has 0 fully saturated rings. The highest BCUT2D eigenvalue weighted by molar-refractivity contribution is 5.62. The molecule has 0 atom stereocenters. The molecule has 152 valence electrons. The first-order chi connectivity index (χ1) is 14.5. The number of hydrogen-bond acceptors (Lipinski definition) is 6. The molecule has 0 saturated heterocycles. The lowest BCUT2D eigenvalue weighted by molar-refractivity contribution is 0.572. The first-order valence-electron chi connectivity index (χ1n) is 9.40. The van der Waals surface area contributed by atoms with Gasteiger partial charge in [-0.25, -0.2) is 9.78 Å². The van der Waals surface area contributed by atoms with Crippen molar-refractivity contribution >= 4 is 11.5 Å². The Morgan fingerprint density at radius 1 is 1.07 bits per heavy atom. The number of nitrogen functional groups attached to an aromatic ring is 1. The fraction of sp³-hybridized carbons (Fsp3) is 0.136. The van der Waals surface area contributed by atoms with E-state index in [4.69, 9.17) is 10.2 Å². The molecule has 3 N–H and O–H groups in total. The summed E-state index contributed by atoms with van der Waals surface area (Å²) in [6, 6.07) is 19.0. The fourth-order valence-electron chi connectivity index (χ4n) is 3.28. The van der Waals surface area contributed by atoms with Crippen LogP contribution in [0.3, 0.4) is 0 Å². The van der Waals surface area contributed by atoms with Gasteiger partial charge in [-0.1, -0.05) is 48.5 Å². The zero-order valence-electron chi connectivity index (χ0n) is 16.4. The molecule has 8 heteroatoms. The predicted octanol–water partition coefficient (Wildman–Crippen LogP) is 2.46. The molecule has 0 aliphatic carbocycles. The van der Waals surface area contributed by atoms with Gasteiger partial charge in [-0.2, -0.15) is 0 Å². The van der Waals surface area contributed by atoms with Gasteiger partial charge in [0.25, 0.3) is 5.56 Å². The van der Waals surface area contributed by atoms with E-state index in [1.807, 2.05) is 60.7 Å². The van der Waals surface area contributed by atoms with Crippen molar-refractivity contribution in [2.75, 3.05) is 17.7 Å². The molecule has 2 aromatic carbocycles. The van der Waals surface area contributed by atoms with E-state index in [2.05, 4.69) is 9.97 Å². The zero-order valence-corrected chi connectivity index (χ0v) is 16.4. The van der Waals surface area contributed by atoms with Crippen molar-refractivity contribution < 1.29 is 4.42 Å². The maximum Gasteiger partial charge on any atom is 0.330 e.